The molecule has 0 saturated heterocycles. The highest BCUT2D eigenvalue weighted by Crippen LogP contribution is 2.28. The second-order valence-corrected chi connectivity index (χ2v) is 5.18. The van der Waals surface area contributed by atoms with Gasteiger partial charge in [0, 0.05) is 12.3 Å². The third kappa shape index (κ3) is 2.54. The molecule has 2 aromatic carbocycles. The van der Waals surface area contributed by atoms with Crippen LogP contribution in [0.3, 0.4) is 0 Å². The monoisotopic (exact) mass is 324 g/mol. The van der Waals surface area contributed by atoms with Crippen molar-refractivity contribution in [3.8, 4) is 5.75 Å². The van der Waals surface area contributed by atoms with Gasteiger partial charge in [-0.15, -0.1) is 0 Å². The summed E-state index contributed by atoms with van der Waals surface area (Å²) in [6.07, 6.45) is 1.09. The number of carboxylic acids is 1. The van der Waals surface area contributed by atoms with Crippen LogP contribution in [0, 0.1) is 0 Å². The van der Waals surface area contributed by atoms with Crippen LogP contribution in [0.15, 0.2) is 52.4 Å². The Morgan fingerprint density at radius 2 is 1.92 bits per heavy atom. The predicted octanol–water partition coefficient (Wildman–Crippen LogP) is 2.97. The average molecular weight is 324 g/mol. The largest absolute Gasteiger partial charge is 0.478 e. The first-order valence-electron chi connectivity index (χ1n) is 6.97. The minimum atomic E-state index is -1.30. The molecule has 0 fully saturated rings. The van der Waals surface area contributed by atoms with Crippen LogP contribution in [0.2, 0.25) is 0 Å². The van der Waals surface area contributed by atoms with Crippen LogP contribution < -0.4 is 10.2 Å². The summed E-state index contributed by atoms with van der Waals surface area (Å²) in [4.78, 5) is 34.9. The van der Waals surface area contributed by atoms with Gasteiger partial charge in [-0.1, -0.05) is 18.7 Å². The summed E-state index contributed by atoms with van der Waals surface area (Å²) in [6.45, 7) is 4.67. The van der Waals surface area contributed by atoms with Crippen LogP contribution in [0.4, 0.5) is 0 Å². The maximum Gasteiger partial charge on any atom is 0.335 e. The number of rotatable bonds is 3. The smallest absolute Gasteiger partial charge is 0.335 e. The second kappa shape index (κ2) is 5.66. The van der Waals surface area contributed by atoms with Gasteiger partial charge in [-0.3, -0.25) is 9.59 Å². The predicted molar refractivity (Wildman–Crippen MR) is 88.0 cm³/mol. The summed E-state index contributed by atoms with van der Waals surface area (Å²) < 4.78 is 10.4. The Hall–Kier alpha value is -3.41. The van der Waals surface area contributed by atoms with E-state index in [0.717, 1.165) is 11.6 Å². The van der Waals surface area contributed by atoms with Gasteiger partial charge in [-0.2, -0.15) is 0 Å². The third-order valence-electron chi connectivity index (χ3n) is 3.58. The number of fused-ring (bicyclic) bond motifs is 3. The fourth-order valence-electron chi connectivity index (χ4n) is 2.47. The number of benzene rings is 2. The van der Waals surface area contributed by atoms with Gasteiger partial charge in [-0.25, -0.2) is 4.79 Å². The lowest BCUT2D eigenvalue weighted by atomic mass is 10.0. The molecule has 1 heterocycles. The quantitative estimate of drug-likeness (QED) is 0.344. The molecule has 0 atom stereocenters. The number of aliphatic carboxylic acids is 1. The molecule has 6 nitrogen and oxygen atoms in total. The molecule has 0 bridgehead atoms. The van der Waals surface area contributed by atoms with Crippen molar-refractivity contribution in [2.45, 2.75) is 6.92 Å². The first-order valence-corrected chi connectivity index (χ1v) is 6.97. The normalized spacial score (nSPS) is 10.7. The topological polar surface area (TPSA) is 93.8 Å². The van der Waals surface area contributed by atoms with Gasteiger partial charge in [0.05, 0.1) is 16.5 Å². The van der Waals surface area contributed by atoms with Gasteiger partial charge in [0.25, 0.3) is 0 Å². The average Bonchev–Trinajstić information content (AvgIpc) is 2.53. The molecule has 0 aliphatic carbocycles. The summed E-state index contributed by atoms with van der Waals surface area (Å²) in [5.41, 5.74) is -0.678. The molecule has 0 aliphatic heterocycles. The first-order chi connectivity index (χ1) is 11.4. The highest BCUT2D eigenvalue weighted by atomic mass is 16.5. The number of hydrogen-bond acceptors (Lipinski definition) is 5. The SMILES string of the molecule is C=C(C(=O)O)c1coc2ccc3ccc(OC(C)=O)cc3c2c1=O. The van der Waals surface area contributed by atoms with Crippen molar-refractivity contribution < 1.29 is 23.8 Å². The molecule has 120 valence electrons. The Labute approximate surface area is 135 Å². The lowest BCUT2D eigenvalue weighted by Crippen LogP contribution is -2.12. The lowest BCUT2D eigenvalue weighted by Gasteiger charge is -2.07. The van der Waals surface area contributed by atoms with Crippen LogP contribution in [-0.4, -0.2) is 17.0 Å². The second-order valence-electron chi connectivity index (χ2n) is 5.18. The first kappa shape index (κ1) is 15.5. The van der Waals surface area contributed by atoms with Crippen LogP contribution >= 0.6 is 0 Å². The highest BCUT2D eigenvalue weighted by Gasteiger charge is 2.17. The van der Waals surface area contributed by atoms with E-state index in [1.165, 1.54) is 6.92 Å². The maximum absolute atomic E-state index is 12.7. The molecule has 0 unspecified atom stereocenters. The molecule has 6 heteroatoms. The van der Waals surface area contributed by atoms with Crippen molar-refractivity contribution >= 4 is 39.3 Å². The van der Waals surface area contributed by atoms with E-state index < -0.39 is 17.4 Å². The van der Waals surface area contributed by atoms with Gasteiger partial charge >= 0.3 is 11.9 Å². The van der Waals surface area contributed by atoms with Crippen LogP contribution in [0.25, 0.3) is 27.3 Å². The summed E-state index contributed by atoms with van der Waals surface area (Å²) >= 11 is 0. The standard InChI is InChI=1S/C18H12O6/c1-9(18(21)22)14-8-23-15-6-4-11-3-5-12(24-10(2)19)7-13(11)16(15)17(14)20/h3-8H,1H2,2H3,(H,21,22). The Morgan fingerprint density at radius 1 is 1.21 bits per heavy atom. The van der Waals surface area contributed by atoms with E-state index in [4.69, 9.17) is 14.3 Å². The molecule has 3 aromatic rings. The molecule has 0 radical (unpaired) electrons. The van der Waals surface area contributed by atoms with E-state index in [-0.39, 0.29) is 22.3 Å². The van der Waals surface area contributed by atoms with Crippen molar-refractivity contribution in [3.63, 3.8) is 0 Å². The number of esters is 1. The summed E-state index contributed by atoms with van der Waals surface area (Å²) in [5.74, 6) is -1.51. The zero-order valence-corrected chi connectivity index (χ0v) is 12.7. The summed E-state index contributed by atoms with van der Waals surface area (Å²) in [5, 5.41) is 10.5. The molecule has 0 aliphatic rings. The Morgan fingerprint density at radius 3 is 2.58 bits per heavy atom. The number of carbonyl (C=O) groups is 2. The van der Waals surface area contributed by atoms with Crippen LogP contribution in [0.5, 0.6) is 5.75 Å². The van der Waals surface area contributed by atoms with Crippen molar-refractivity contribution in [2.24, 2.45) is 0 Å². The van der Waals surface area contributed by atoms with E-state index in [1.807, 2.05) is 0 Å². The molecule has 0 saturated carbocycles. The highest BCUT2D eigenvalue weighted by molar-refractivity contribution is 6.16. The van der Waals surface area contributed by atoms with Gasteiger partial charge in [0.2, 0.25) is 5.43 Å². The fraction of sp³-hybridized carbons (Fsp3) is 0.0556. The van der Waals surface area contributed by atoms with Gasteiger partial charge < -0.3 is 14.3 Å². The van der Waals surface area contributed by atoms with Crippen molar-refractivity contribution in [2.75, 3.05) is 0 Å². The van der Waals surface area contributed by atoms with E-state index >= 15 is 0 Å². The Kier molecular flexibility index (Phi) is 3.65. The molecule has 0 amide bonds. The molecule has 3 rings (SSSR count). The number of carboxylic acid groups (broad SMARTS) is 1. The summed E-state index contributed by atoms with van der Waals surface area (Å²) in [7, 11) is 0. The molecular weight excluding hydrogens is 312 g/mol. The molecule has 1 N–H and O–H groups in total. The van der Waals surface area contributed by atoms with Gasteiger partial charge in [0.15, 0.2) is 0 Å². The molecule has 1 aromatic heterocycles. The summed E-state index contributed by atoms with van der Waals surface area (Å²) in [6, 6.07) is 8.23. The molecule has 0 spiro atoms. The van der Waals surface area contributed by atoms with Gasteiger partial charge in [-0.05, 0) is 23.6 Å². The fourth-order valence-corrected chi connectivity index (χ4v) is 2.47. The maximum atomic E-state index is 12.7. The van der Waals surface area contributed by atoms with E-state index in [9.17, 15) is 14.4 Å². The number of carbonyl (C=O) groups excluding carboxylic acids is 1. The minimum absolute atomic E-state index is 0.125. The zero-order valence-electron chi connectivity index (χ0n) is 12.7. The Balaban J connectivity index is 2.37. The van der Waals surface area contributed by atoms with E-state index in [1.54, 1.807) is 30.3 Å². The van der Waals surface area contributed by atoms with Crippen molar-refractivity contribution in [1.82, 2.24) is 0 Å². The molecular formula is C18H12O6. The molecule has 24 heavy (non-hydrogen) atoms. The van der Waals surface area contributed by atoms with Crippen molar-refractivity contribution in [1.29, 1.82) is 0 Å². The third-order valence-corrected chi connectivity index (χ3v) is 3.58. The van der Waals surface area contributed by atoms with E-state index in [0.29, 0.717) is 11.0 Å². The lowest BCUT2D eigenvalue weighted by molar-refractivity contribution is -0.132. The van der Waals surface area contributed by atoms with Crippen LogP contribution in [0.1, 0.15) is 12.5 Å². The Bertz CT molecular complexity index is 1070. The van der Waals surface area contributed by atoms with E-state index in [2.05, 4.69) is 6.58 Å². The number of ether oxygens (including phenoxy) is 1. The van der Waals surface area contributed by atoms with Gasteiger partial charge in [0.1, 0.15) is 17.6 Å². The number of hydrogen-bond donors (Lipinski definition) is 1. The van der Waals surface area contributed by atoms with Crippen LogP contribution in [-0.2, 0) is 9.59 Å². The zero-order chi connectivity index (χ0) is 17.4. The minimum Gasteiger partial charge on any atom is -0.478 e. The van der Waals surface area contributed by atoms with Crippen molar-refractivity contribution in [3.05, 3.63) is 59.0 Å².